The first kappa shape index (κ1) is 17.5. The van der Waals surface area contributed by atoms with Gasteiger partial charge in [-0.1, -0.05) is 0 Å². The van der Waals surface area contributed by atoms with Gasteiger partial charge in [-0.05, 0) is 0 Å². The Kier molecular flexibility index (Phi) is 13.7. The van der Waals surface area contributed by atoms with Crippen LogP contribution in [0.3, 0.4) is 0 Å². The summed E-state index contributed by atoms with van der Waals surface area (Å²) in [6.07, 6.45) is -0.532. The molecule has 0 aliphatic rings. The van der Waals surface area contributed by atoms with Crippen molar-refractivity contribution in [3.63, 3.8) is 0 Å². The topological polar surface area (TPSA) is 136 Å². The smallest absolute Gasteiger partial charge is 1.00 e. The van der Waals surface area contributed by atoms with Gasteiger partial charge in [-0.3, -0.25) is 9.59 Å². The normalized spacial score (nSPS) is 10.3. The number of nitrogens with two attached hydrogens (primary N) is 1. The van der Waals surface area contributed by atoms with Crippen molar-refractivity contribution in [1.82, 2.24) is 6.15 Å². The van der Waals surface area contributed by atoms with Crippen molar-refractivity contribution in [3.05, 3.63) is 0 Å². The van der Waals surface area contributed by atoms with E-state index in [0.29, 0.717) is 0 Å². The third-order valence-corrected chi connectivity index (χ3v) is 0.712. The second-order valence-electron chi connectivity index (χ2n) is 1.54. The van der Waals surface area contributed by atoms with Crippen LogP contribution in [-0.4, -0.2) is 28.2 Å². The van der Waals surface area contributed by atoms with E-state index in [2.05, 4.69) is 0 Å². The average Bonchev–Trinajstić information content (AvgIpc) is 1.63. The van der Waals surface area contributed by atoms with E-state index in [1.54, 1.807) is 0 Å². The van der Waals surface area contributed by atoms with E-state index in [9.17, 15) is 9.59 Å². The largest absolute Gasteiger partial charge is 1.00 e. The SMILES string of the molecule is N.NC(CC(=O)O)C(=O)O.[H-].[K+]. The standard InChI is InChI=1S/C4H7NO4.K.H3N.H/c5-2(4(8)9)1-3(6)7;;;/h2H,1,5H2,(H,6,7)(H,8,9);;1H3;/q;+1;;-1. The molecule has 0 aliphatic carbocycles. The van der Waals surface area contributed by atoms with Gasteiger partial charge in [-0.25, -0.2) is 0 Å². The molecule has 7 heteroatoms. The molecule has 0 aliphatic heterocycles. The van der Waals surface area contributed by atoms with Gasteiger partial charge >= 0.3 is 63.3 Å². The van der Waals surface area contributed by atoms with E-state index in [1.165, 1.54) is 0 Å². The molecule has 7 N–H and O–H groups in total. The maximum absolute atomic E-state index is 9.85. The summed E-state index contributed by atoms with van der Waals surface area (Å²) in [6.45, 7) is 0. The van der Waals surface area contributed by atoms with Gasteiger partial charge in [0.25, 0.3) is 0 Å². The molecule has 0 rings (SSSR count). The van der Waals surface area contributed by atoms with Gasteiger partial charge < -0.3 is 23.5 Å². The Morgan fingerprint density at radius 3 is 1.91 bits per heavy atom. The maximum atomic E-state index is 9.85. The molecule has 11 heavy (non-hydrogen) atoms. The summed E-state index contributed by atoms with van der Waals surface area (Å²) in [6, 6.07) is -1.29. The zero-order chi connectivity index (χ0) is 7.44. The summed E-state index contributed by atoms with van der Waals surface area (Å²) < 4.78 is 0. The van der Waals surface area contributed by atoms with Crippen molar-refractivity contribution in [2.75, 3.05) is 0 Å². The van der Waals surface area contributed by atoms with Gasteiger partial charge in [0.1, 0.15) is 6.04 Å². The van der Waals surface area contributed by atoms with E-state index in [-0.39, 0.29) is 59.0 Å². The Balaban J connectivity index is -0.000000107. The molecule has 0 saturated heterocycles. The number of carboxylic acids is 2. The van der Waals surface area contributed by atoms with Crippen molar-refractivity contribution in [2.24, 2.45) is 5.73 Å². The van der Waals surface area contributed by atoms with Crippen molar-refractivity contribution in [1.29, 1.82) is 0 Å². The third kappa shape index (κ3) is 10.5. The quantitative estimate of drug-likeness (QED) is 0.336. The van der Waals surface area contributed by atoms with E-state index < -0.39 is 24.4 Å². The molecule has 6 nitrogen and oxygen atoms in total. The van der Waals surface area contributed by atoms with Crippen LogP contribution in [-0.2, 0) is 9.59 Å². The fraction of sp³-hybridized carbons (Fsp3) is 0.500. The first-order chi connectivity index (χ1) is 4.04. The van der Waals surface area contributed by atoms with Crippen LogP contribution in [0.2, 0.25) is 0 Å². The number of hydrogen-bond donors (Lipinski definition) is 4. The molecule has 0 saturated carbocycles. The molecule has 0 aromatic rings. The number of carbonyl (C=O) groups is 2. The predicted octanol–water partition coefficient (Wildman–Crippen LogP) is -3.85. The van der Waals surface area contributed by atoms with Gasteiger partial charge in [0.05, 0.1) is 6.42 Å². The molecule has 0 amide bonds. The molecular formula is C4H11KN2O4. The number of hydrogen-bond acceptors (Lipinski definition) is 4. The van der Waals surface area contributed by atoms with Crippen LogP contribution in [0.1, 0.15) is 7.85 Å². The Morgan fingerprint density at radius 1 is 1.45 bits per heavy atom. The van der Waals surface area contributed by atoms with Gasteiger partial charge in [0.2, 0.25) is 0 Å². The molecule has 0 spiro atoms. The molecule has 0 radical (unpaired) electrons. The molecule has 0 aromatic heterocycles. The molecular weight excluding hydrogens is 179 g/mol. The monoisotopic (exact) mass is 190 g/mol. The van der Waals surface area contributed by atoms with E-state index in [0.717, 1.165) is 0 Å². The zero-order valence-corrected chi connectivity index (χ0v) is 9.40. The van der Waals surface area contributed by atoms with Crippen LogP contribution in [0, 0.1) is 0 Å². The van der Waals surface area contributed by atoms with Crippen molar-refractivity contribution >= 4 is 11.9 Å². The van der Waals surface area contributed by atoms with Crippen LogP contribution in [0.5, 0.6) is 0 Å². The summed E-state index contributed by atoms with van der Waals surface area (Å²) in [5.74, 6) is -2.50. The first-order valence-electron chi connectivity index (χ1n) is 2.24. The van der Waals surface area contributed by atoms with Crippen molar-refractivity contribution in [2.45, 2.75) is 12.5 Å². The Hall–Kier alpha value is 0.496. The second-order valence-corrected chi connectivity index (χ2v) is 1.54. The van der Waals surface area contributed by atoms with E-state index in [4.69, 9.17) is 15.9 Å². The molecule has 0 aromatic carbocycles. The van der Waals surface area contributed by atoms with Gasteiger partial charge in [0.15, 0.2) is 0 Å². The summed E-state index contributed by atoms with van der Waals surface area (Å²) in [7, 11) is 0. The van der Waals surface area contributed by atoms with Crippen LogP contribution in [0.15, 0.2) is 0 Å². The van der Waals surface area contributed by atoms with Crippen molar-refractivity contribution < 1.29 is 72.6 Å². The molecule has 0 heterocycles. The number of aliphatic carboxylic acids is 2. The Morgan fingerprint density at radius 2 is 1.82 bits per heavy atom. The van der Waals surface area contributed by atoms with Crippen molar-refractivity contribution in [3.8, 4) is 0 Å². The fourth-order valence-electron chi connectivity index (χ4n) is 0.275. The number of carboxylic acid groups (broad SMARTS) is 2. The summed E-state index contributed by atoms with van der Waals surface area (Å²) >= 11 is 0. The minimum Gasteiger partial charge on any atom is -1.00 e. The molecule has 62 valence electrons. The number of rotatable bonds is 3. The minimum absolute atomic E-state index is 0. The average molecular weight is 190 g/mol. The van der Waals surface area contributed by atoms with Crippen LogP contribution in [0.4, 0.5) is 0 Å². The van der Waals surface area contributed by atoms with Gasteiger partial charge in [-0.15, -0.1) is 0 Å². The Labute approximate surface area is 108 Å². The molecule has 0 fully saturated rings. The van der Waals surface area contributed by atoms with Crippen LogP contribution < -0.4 is 63.3 Å². The summed E-state index contributed by atoms with van der Waals surface area (Å²) in [4.78, 5) is 19.6. The van der Waals surface area contributed by atoms with Crippen LogP contribution in [0.25, 0.3) is 0 Å². The fourth-order valence-corrected chi connectivity index (χ4v) is 0.275. The summed E-state index contributed by atoms with van der Waals surface area (Å²) in [5, 5.41) is 16.0. The van der Waals surface area contributed by atoms with Gasteiger partial charge in [0, 0.05) is 0 Å². The van der Waals surface area contributed by atoms with Crippen LogP contribution >= 0.6 is 0 Å². The minimum atomic E-state index is -1.29. The summed E-state index contributed by atoms with van der Waals surface area (Å²) in [5.41, 5.74) is 4.84. The molecule has 1 atom stereocenters. The third-order valence-electron chi connectivity index (χ3n) is 0.712. The second kappa shape index (κ2) is 8.59. The maximum Gasteiger partial charge on any atom is 1.00 e. The molecule has 0 bridgehead atoms. The molecule has 1 unspecified atom stereocenters. The van der Waals surface area contributed by atoms with E-state index >= 15 is 0 Å². The first-order valence-corrected chi connectivity index (χ1v) is 2.24. The van der Waals surface area contributed by atoms with Gasteiger partial charge in [-0.2, -0.15) is 0 Å². The zero-order valence-electron chi connectivity index (χ0n) is 7.28. The Bertz CT molecular complexity index is 145. The van der Waals surface area contributed by atoms with E-state index in [1.807, 2.05) is 0 Å². The predicted molar refractivity (Wildman–Crippen MR) is 34.0 cm³/mol.